The molecule has 1 amide bonds. The number of hydrogen-bond acceptors (Lipinski definition) is 4. The number of aliphatic hydroxyl groups excluding tert-OH is 1. The van der Waals surface area contributed by atoms with Crippen LogP contribution in [0.5, 0.6) is 0 Å². The van der Waals surface area contributed by atoms with E-state index in [-0.39, 0.29) is 35.9 Å². The predicted octanol–water partition coefficient (Wildman–Crippen LogP) is 0.844. The van der Waals surface area contributed by atoms with Crippen molar-refractivity contribution >= 4 is 18.3 Å². The average Bonchev–Trinajstić information content (AvgIpc) is 2.41. The summed E-state index contributed by atoms with van der Waals surface area (Å²) in [7, 11) is 0. The second-order valence-electron chi connectivity index (χ2n) is 6.09. The fraction of sp³-hybridized carbons (Fsp3) is 0.929. The van der Waals surface area contributed by atoms with Gasteiger partial charge in [-0.3, -0.25) is 4.79 Å². The molecule has 0 aromatic heterocycles. The van der Waals surface area contributed by atoms with Gasteiger partial charge in [-0.2, -0.15) is 0 Å². The second-order valence-corrected chi connectivity index (χ2v) is 6.09. The average molecular weight is 307 g/mol. The first-order valence-electron chi connectivity index (χ1n) is 7.37. The molecule has 3 N–H and O–H groups in total. The standard InChI is InChI=1S/C14H26N2O3.ClH/c1-14(5-3-2-4-12(14)17)10-16-13(18)8-11-9-15-6-7-19-11;/h11-12,15,17H,2-10H2,1H3,(H,16,18);1H. The van der Waals surface area contributed by atoms with Gasteiger partial charge in [0, 0.05) is 25.0 Å². The van der Waals surface area contributed by atoms with Crippen molar-refractivity contribution in [3.63, 3.8) is 0 Å². The molecule has 5 nitrogen and oxygen atoms in total. The Morgan fingerprint density at radius 3 is 2.95 bits per heavy atom. The van der Waals surface area contributed by atoms with E-state index in [1.165, 1.54) is 0 Å². The van der Waals surface area contributed by atoms with Crippen LogP contribution < -0.4 is 10.6 Å². The summed E-state index contributed by atoms with van der Waals surface area (Å²) in [6.07, 6.45) is 4.15. The lowest BCUT2D eigenvalue weighted by Crippen LogP contribution is -2.47. The first kappa shape index (κ1) is 17.7. The number of morpholine rings is 1. The zero-order chi connectivity index (χ0) is 13.7. The minimum atomic E-state index is -0.297. The zero-order valence-electron chi connectivity index (χ0n) is 12.2. The van der Waals surface area contributed by atoms with Crippen LogP contribution in [0.25, 0.3) is 0 Å². The Kier molecular flexibility index (Phi) is 7.23. The van der Waals surface area contributed by atoms with Crippen LogP contribution in [-0.4, -0.2) is 49.5 Å². The lowest BCUT2D eigenvalue weighted by molar-refractivity contribution is -0.125. The number of hydrogen-bond donors (Lipinski definition) is 3. The van der Waals surface area contributed by atoms with Crippen LogP contribution in [0.2, 0.25) is 0 Å². The molecule has 1 saturated heterocycles. The minimum absolute atomic E-state index is 0. The summed E-state index contributed by atoms with van der Waals surface area (Å²) in [5.74, 6) is 0.0210. The van der Waals surface area contributed by atoms with Gasteiger partial charge in [-0.15, -0.1) is 12.4 Å². The van der Waals surface area contributed by atoms with E-state index in [9.17, 15) is 9.90 Å². The van der Waals surface area contributed by atoms with E-state index in [0.29, 0.717) is 19.6 Å². The Labute approximate surface area is 127 Å². The third kappa shape index (κ3) is 4.88. The van der Waals surface area contributed by atoms with Crippen LogP contribution in [0.3, 0.4) is 0 Å². The van der Waals surface area contributed by atoms with E-state index >= 15 is 0 Å². The van der Waals surface area contributed by atoms with Crippen LogP contribution >= 0.6 is 12.4 Å². The fourth-order valence-electron chi connectivity index (χ4n) is 2.92. The summed E-state index contributed by atoms with van der Waals surface area (Å²) in [5.41, 5.74) is -0.167. The van der Waals surface area contributed by atoms with Gasteiger partial charge in [0.05, 0.1) is 25.2 Å². The number of ether oxygens (including phenoxy) is 1. The summed E-state index contributed by atoms with van der Waals surface area (Å²) in [4.78, 5) is 11.9. The Morgan fingerprint density at radius 2 is 2.30 bits per heavy atom. The van der Waals surface area contributed by atoms with Gasteiger partial charge in [0.1, 0.15) is 0 Å². The van der Waals surface area contributed by atoms with Crippen molar-refractivity contribution in [2.45, 2.75) is 51.2 Å². The molecule has 0 aromatic rings. The number of amides is 1. The van der Waals surface area contributed by atoms with Crippen LogP contribution in [0.15, 0.2) is 0 Å². The summed E-state index contributed by atoms with van der Waals surface area (Å²) < 4.78 is 5.51. The third-order valence-electron chi connectivity index (χ3n) is 4.39. The minimum Gasteiger partial charge on any atom is -0.392 e. The first-order chi connectivity index (χ1) is 9.10. The van der Waals surface area contributed by atoms with Crippen LogP contribution in [-0.2, 0) is 9.53 Å². The van der Waals surface area contributed by atoms with Crippen molar-refractivity contribution in [3.8, 4) is 0 Å². The summed E-state index contributed by atoms with van der Waals surface area (Å²) >= 11 is 0. The van der Waals surface area contributed by atoms with Gasteiger partial charge in [0.15, 0.2) is 0 Å². The summed E-state index contributed by atoms with van der Waals surface area (Å²) in [6, 6.07) is 0. The van der Waals surface area contributed by atoms with Crippen LogP contribution in [0.4, 0.5) is 0 Å². The number of halogens is 1. The second kappa shape index (κ2) is 8.17. The topological polar surface area (TPSA) is 70.6 Å². The lowest BCUT2D eigenvalue weighted by Gasteiger charge is -2.38. The number of rotatable bonds is 4. The molecule has 0 aromatic carbocycles. The first-order valence-corrected chi connectivity index (χ1v) is 7.37. The maximum Gasteiger partial charge on any atom is 0.222 e. The van der Waals surface area contributed by atoms with Gasteiger partial charge in [-0.1, -0.05) is 19.8 Å². The molecule has 1 aliphatic carbocycles. The van der Waals surface area contributed by atoms with E-state index in [0.717, 1.165) is 38.8 Å². The summed E-state index contributed by atoms with van der Waals surface area (Å²) in [5, 5.41) is 16.3. The molecule has 2 rings (SSSR count). The predicted molar refractivity (Wildman–Crippen MR) is 80.1 cm³/mol. The van der Waals surface area contributed by atoms with E-state index in [1.807, 2.05) is 0 Å². The molecule has 20 heavy (non-hydrogen) atoms. The van der Waals surface area contributed by atoms with E-state index in [2.05, 4.69) is 17.6 Å². The maximum absolute atomic E-state index is 11.9. The van der Waals surface area contributed by atoms with Crippen LogP contribution in [0.1, 0.15) is 39.0 Å². The van der Waals surface area contributed by atoms with Crippen LogP contribution in [0, 0.1) is 5.41 Å². The number of aliphatic hydroxyl groups is 1. The molecule has 0 bridgehead atoms. The van der Waals surface area contributed by atoms with Crippen molar-refractivity contribution in [1.29, 1.82) is 0 Å². The Bertz CT molecular complexity index is 311. The smallest absolute Gasteiger partial charge is 0.222 e. The Balaban J connectivity index is 0.00000200. The largest absolute Gasteiger partial charge is 0.392 e. The van der Waals surface area contributed by atoms with Gasteiger partial charge in [-0.05, 0) is 12.8 Å². The van der Waals surface area contributed by atoms with Gasteiger partial charge in [0.2, 0.25) is 5.91 Å². The SMILES string of the molecule is CC1(CNC(=O)CC2CNCCO2)CCCCC1O.Cl. The normalized spacial score (nSPS) is 34.1. The molecular formula is C14H27ClN2O3. The van der Waals surface area contributed by atoms with Gasteiger partial charge >= 0.3 is 0 Å². The molecule has 3 atom stereocenters. The van der Waals surface area contributed by atoms with Crippen molar-refractivity contribution in [1.82, 2.24) is 10.6 Å². The molecular weight excluding hydrogens is 280 g/mol. The van der Waals surface area contributed by atoms with Crippen molar-refractivity contribution < 1.29 is 14.6 Å². The number of nitrogens with one attached hydrogen (secondary N) is 2. The van der Waals surface area contributed by atoms with Gasteiger partial charge in [0.25, 0.3) is 0 Å². The van der Waals surface area contributed by atoms with Gasteiger partial charge in [-0.25, -0.2) is 0 Å². The summed E-state index contributed by atoms with van der Waals surface area (Å²) in [6.45, 7) is 4.91. The quantitative estimate of drug-likeness (QED) is 0.720. The zero-order valence-corrected chi connectivity index (χ0v) is 13.0. The highest BCUT2D eigenvalue weighted by atomic mass is 35.5. The van der Waals surface area contributed by atoms with E-state index in [1.54, 1.807) is 0 Å². The maximum atomic E-state index is 11.9. The number of carbonyl (C=O) groups is 1. The lowest BCUT2D eigenvalue weighted by atomic mass is 9.73. The highest BCUT2D eigenvalue weighted by molar-refractivity contribution is 5.85. The van der Waals surface area contributed by atoms with Crippen molar-refractivity contribution in [3.05, 3.63) is 0 Å². The van der Waals surface area contributed by atoms with Crippen molar-refractivity contribution in [2.24, 2.45) is 5.41 Å². The molecule has 1 saturated carbocycles. The van der Waals surface area contributed by atoms with Crippen molar-refractivity contribution in [2.75, 3.05) is 26.2 Å². The Morgan fingerprint density at radius 1 is 1.50 bits per heavy atom. The highest BCUT2D eigenvalue weighted by Crippen LogP contribution is 2.35. The molecule has 1 heterocycles. The van der Waals surface area contributed by atoms with E-state index < -0.39 is 0 Å². The molecule has 3 unspecified atom stereocenters. The van der Waals surface area contributed by atoms with E-state index in [4.69, 9.17) is 4.74 Å². The number of carbonyl (C=O) groups excluding carboxylic acids is 1. The molecule has 1 aliphatic heterocycles. The molecule has 118 valence electrons. The molecule has 0 radical (unpaired) electrons. The van der Waals surface area contributed by atoms with Gasteiger partial charge < -0.3 is 20.5 Å². The third-order valence-corrected chi connectivity index (χ3v) is 4.39. The monoisotopic (exact) mass is 306 g/mol. The Hall–Kier alpha value is -0.360. The molecule has 2 aliphatic rings. The molecule has 6 heteroatoms. The highest BCUT2D eigenvalue weighted by Gasteiger charge is 2.35. The fourth-order valence-corrected chi connectivity index (χ4v) is 2.92. The molecule has 0 spiro atoms. The molecule has 2 fully saturated rings.